The number of amides is 3. The van der Waals surface area contributed by atoms with Crippen LogP contribution in [0.4, 0.5) is 17.3 Å². The molecule has 0 spiro atoms. The normalized spacial score (nSPS) is 21.1. The van der Waals surface area contributed by atoms with Crippen LogP contribution >= 0.6 is 0 Å². The molecule has 0 unspecified atom stereocenters. The molecule has 45 heavy (non-hydrogen) atoms. The van der Waals surface area contributed by atoms with E-state index in [1.165, 1.54) is 12.0 Å². The van der Waals surface area contributed by atoms with Gasteiger partial charge in [0, 0.05) is 56.8 Å². The first kappa shape index (κ1) is 31.3. The number of hydrogen-bond acceptors (Lipinski definition) is 8. The molecule has 0 bridgehead atoms. The van der Waals surface area contributed by atoms with Gasteiger partial charge in [-0.05, 0) is 102 Å². The minimum atomic E-state index is -0.611. The summed E-state index contributed by atoms with van der Waals surface area (Å²) in [7, 11) is 2.12. The molecule has 242 valence electrons. The summed E-state index contributed by atoms with van der Waals surface area (Å²) < 4.78 is 0. The van der Waals surface area contributed by atoms with E-state index in [-0.39, 0.29) is 23.4 Å². The van der Waals surface area contributed by atoms with Crippen LogP contribution in [0.15, 0.2) is 30.5 Å². The quantitative estimate of drug-likeness (QED) is 0.483. The number of rotatable bonds is 7. The second-order valence-corrected chi connectivity index (χ2v) is 13.4. The monoisotopic (exact) mass is 616 g/mol. The molecule has 0 saturated carbocycles. The van der Waals surface area contributed by atoms with Crippen LogP contribution < -0.4 is 16.0 Å². The third-order valence-electron chi connectivity index (χ3n) is 10.3. The first-order valence-corrected chi connectivity index (χ1v) is 16.9. The summed E-state index contributed by atoms with van der Waals surface area (Å²) >= 11 is 0. The van der Waals surface area contributed by atoms with Gasteiger partial charge < -0.3 is 30.7 Å². The van der Waals surface area contributed by atoms with Crippen LogP contribution in [0.25, 0.3) is 0 Å². The topological polar surface area (TPSA) is 128 Å². The molecule has 11 nitrogen and oxygen atoms in total. The molecule has 4 fully saturated rings. The SMILES string of the molecule is CN1CCC(C(=O)N2CCC(C(=O)N3CCC(c4ccc(Nc5nc(N6CCCCC6)cnc5C(N)=O)cc4)CC3)CC2)CC1. The van der Waals surface area contributed by atoms with E-state index < -0.39 is 5.91 Å². The standard InChI is InChI=1S/C34H48N8O3/c1-39-17-9-26(10-18-39)33(44)42-21-13-27(14-22-42)34(45)41-19-11-25(12-20-41)24-5-7-28(8-6-24)37-32-30(31(35)43)36-23-29(38-32)40-15-3-2-4-16-40/h5-8,23,25-27H,2-4,9-22H2,1H3,(H2,35,43)(H,37,38). The van der Waals surface area contributed by atoms with Crippen molar-refractivity contribution in [2.45, 2.75) is 63.7 Å². The molecule has 4 saturated heterocycles. The van der Waals surface area contributed by atoms with Crippen LogP contribution in [-0.4, -0.2) is 102 Å². The van der Waals surface area contributed by atoms with Crippen molar-refractivity contribution in [3.63, 3.8) is 0 Å². The number of hydrogen-bond donors (Lipinski definition) is 2. The molecule has 4 aliphatic rings. The summed E-state index contributed by atoms with van der Waals surface area (Å²) in [4.78, 5) is 56.1. The van der Waals surface area contributed by atoms with E-state index in [0.717, 1.165) is 102 Å². The molecule has 4 aliphatic heterocycles. The molecule has 3 N–H and O–H groups in total. The highest BCUT2D eigenvalue weighted by Gasteiger charge is 2.34. The number of piperidine rings is 4. The molecule has 6 rings (SSSR count). The maximum absolute atomic E-state index is 13.4. The third kappa shape index (κ3) is 7.40. The number of carbonyl (C=O) groups is 3. The Bertz CT molecular complexity index is 1340. The molecule has 1 aromatic carbocycles. The van der Waals surface area contributed by atoms with Gasteiger partial charge in [-0.25, -0.2) is 9.97 Å². The van der Waals surface area contributed by atoms with Crippen LogP contribution in [0, 0.1) is 11.8 Å². The van der Waals surface area contributed by atoms with Crippen LogP contribution in [-0.2, 0) is 9.59 Å². The van der Waals surface area contributed by atoms with E-state index in [1.807, 2.05) is 21.9 Å². The fourth-order valence-corrected chi connectivity index (χ4v) is 7.45. The molecule has 0 atom stereocenters. The number of aromatic nitrogens is 2. The van der Waals surface area contributed by atoms with E-state index in [2.05, 4.69) is 39.3 Å². The lowest BCUT2D eigenvalue weighted by molar-refractivity contribution is -0.144. The van der Waals surface area contributed by atoms with Gasteiger partial charge in [-0.1, -0.05) is 12.1 Å². The van der Waals surface area contributed by atoms with Crippen molar-refractivity contribution in [1.29, 1.82) is 0 Å². The highest BCUT2D eigenvalue weighted by Crippen LogP contribution is 2.32. The van der Waals surface area contributed by atoms with Crippen molar-refractivity contribution in [2.24, 2.45) is 17.6 Å². The zero-order valence-electron chi connectivity index (χ0n) is 26.6. The third-order valence-corrected chi connectivity index (χ3v) is 10.3. The summed E-state index contributed by atoms with van der Waals surface area (Å²) in [5.74, 6) is 1.64. The fraction of sp³-hybridized carbons (Fsp3) is 0.618. The zero-order valence-corrected chi connectivity index (χ0v) is 26.6. The number of likely N-dealkylation sites (tertiary alicyclic amines) is 3. The van der Waals surface area contributed by atoms with Crippen molar-refractivity contribution in [2.75, 3.05) is 69.6 Å². The van der Waals surface area contributed by atoms with Gasteiger partial charge in [0.05, 0.1) is 6.20 Å². The zero-order chi connectivity index (χ0) is 31.3. The molecule has 5 heterocycles. The molecular formula is C34H48N8O3. The lowest BCUT2D eigenvalue weighted by atomic mass is 9.87. The molecule has 0 aliphatic carbocycles. The highest BCUT2D eigenvalue weighted by atomic mass is 16.2. The van der Waals surface area contributed by atoms with E-state index in [1.54, 1.807) is 6.20 Å². The lowest BCUT2D eigenvalue weighted by Gasteiger charge is -2.39. The van der Waals surface area contributed by atoms with Crippen LogP contribution in [0.1, 0.15) is 79.8 Å². The number of nitrogens with zero attached hydrogens (tertiary/aromatic N) is 6. The summed E-state index contributed by atoms with van der Waals surface area (Å²) in [6.07, 6.45) is 10.4. The minimum absolute atomic E-state index is 0.0234. The summed E-state index contributed by atoms with van der Waals surface area (Å²) in [5.41, 5.74) is 7.81. The summed E-state index contributed by atoms with van der Waals surface area (Å²) in [6, 6.07) is 8.25. The summed E-state index contributed by atoms with van der Waals surface area (Å²) in [5, 5.41) is 3.27. The van der Waals surface area contributed by atoms with Crippen molar-refractivity contribution < 1.29 is 14.4 Å². The van der Waals surface area contributed by atoms with E-state index in [0.29, 0.717) is 30.7 Å². The Morgan fingerprint density at radius 2 is 1.31 bits per heavy atom. The molecule has 1 aromatic heterocycles. The van der Waals surface area contributed by atoms with Gasteiger partial charge in [0.2, 0.25) is 11.8 Å². The van der Waals surface area contributed by atoms with Gasteiger partial charge in [0.15, 0.2) is 11.5 Å². The molecule has 3 amide bonds. The van der Waals surface area contributed by atoms with E-state index in [9.17, 15) is 14.4 Å². The predicted molar refractivity (Wildman–Crippen MR) is 174 cm³/mol. The van der Waals surface area contributed by atoms with Crippen molar-refractivity contribution >= 4 is 35.0 Å². The Kier molecular flexibility index (Phi) is 9.82. The van der Waals surface area contributed by atoms with Gasteiger partial charge in [0.25, 0.3) is 5.91 Å². The second-order valence-electron chi connectivity index (χ2n) is 13.4. The largest absolute Gasteiger partial charge is 0.364 e. The van der Waals surface area contributed by atoms with Gasteiger partial charge in [0.1, 0.15) is 5.82 Å². The maximum Gasteiger partial charge on any atom is 0.271 e. The Labute approximate surface area is 266 Å². The van der Waals surface area contributed by atoms with Crippen molar-refractivity contribution in [1.82, 2.24) is 24.7 Å². The Balaban J connectivity index is 0.991. The Morgan fingerprint density at radius 1 is 0.756 bits per heavy atom. The first-order chi connectivity index (χ1) is 21.9. The maximum atomic E-state index is 13.4. The van der Waals surface area contributed by atoms with Gasteiger partial charge >= 0.3 is 0 Å². The lowest BCUT2D eigenvalue weighted by Crippen LogP contribution is -2.48. The average Bonchev–Trinajstić information content (AvgIpc) is 3.09. The Morgan fingerprint density at radius 3 is 1.89 bits per heavy atom. The predicted octanol–water partition coefficient (Wildman–Crippen LogP) is 3.60. The number of carbonyl (C=O) groups excluding carboxylic acids is 3. The van der Waals surface area contributed by atoms with Gasteiger partial charge in [-0.2, -0.15) is 0 Å². The molecule has 2 aromatic rings. The number of nitrogens with one attached hydrogen (secondary N) is 1. The number of nitrogens with two attached hydrogens (primary N) is 1. The average molecular weight is 617 g/mol. The number of anilines is 3. The number of benzene rings is 1. The van der Waals surface area contributed by atoms with Gasteiger partial charge in [-0.15, -0.1) is 0 Å². The first-order valence-electron chi connectivity index (χ1n) is 16.9. The minimum Gasteiger partial charge on any atom is -0.364 e. The van der Waals surface area contributed by atoms with Crippen LogP contribution in [0.3, 0.4) is 0 Å². The van der Waals surface area contributed by atoms with Crippen molar-refractivity contribution in [3.05, 3.63) is 41.7 Å². The van der Waals surface area contributed by atoms with Gasteiger partial charge in [-0.3, -0.25) is 14.4 Å². The highest BCUT2D eigenvalue weighted by molar-refractivity contribution is 5.96. The van der Waals surface area contributed by atoms with Crippen molar-refractivity contribution in [3.8, 4) is 0 Å². The van der Waals surface area contributed by atoms with Crippen LogP contribution in [0.5, 0.6) is 0 Å². The fourth-order valence-electron chi connectivity index (χ4n) is 7.45. The molecular weight excluding hydrogens is 568 g/mol. The smallest absolute Gasteiger partial charge is 0.271 e. The Hall–Kier alpha value is -3.73. The number of primary amides is 1. The summed E-state index contributed by atoms with van der Waals surface area (Å²) in [6.45, 7) is 6.77. The molecule has 0 radical (unpaired) electrons. The van der Waals surface area contributed by atoms with Crippen LogP contribution in [0.2, 0.25) is 0 Å². The molecule has 11 heteroatoms. The van der Waals surface area contributed by atoms with E-state index >= 15 is 0 Å². The van der Waals surface area contributed by atoms with E-state index in [4.69, 9.17) is 10.7 Å². The second kappa shape index (κ2) is 14.1.